The average molecular weight is 318 g/mol. The van der Waals surface area contributed by atoms with Crippen molar-refractivity contribution < 1.29 is 14.3 Å². The maximum absolute atomic E-state index is 12.0. The smallest absolute Gasteiger partial charge is 0.328 e. The quantitative estimate of drug-likeness (QED) is 0.869. The van der Waals surface area contributed by atoms with Gasteiger partial charge in [-0.2, -0.15) is 0 Å². The summed E-state index contributed by atoms with van der Waals surface area (Å²) < 4.78 is 5.18. The van der Waals surface area contributed by atoms with Crippen LogP contribution >= 0.6 is 23.2 Å². The Hall–Kier alpha value is -1.26. The van der Waals surface area contributed by atoms with Gasteiger partial charge in [-0.25, -0.2) is 4.79 Å². The number of carbonyl (C=O) groups is 2. The number of nitrogens with one attached hydrogen (secondary N) is 1. The highest BCUT2D eigenvalue weighted by molar-refractivity contribution is 6.42. The van der Waals surface area contributed by atoms with Crippen LogP contribution in [0.25, 0.3) is 0 Å². The summed E-state index contributed by atoms with van der Waals surface area (Å²) in [6, 6.07) is 3.75. The number of hydrogen-bond donors (Lipinski definition) is 1. The molecule has 1 rings (SSSR count). The van der Waals surface area contributed by atoms with Gasteiger partial charge in [0.15, 0.2) is 0 Å². The van der Waals surface area contributed by atoms with Crippen LogP contribution in [0.1, 0.15) is 38.1 Å². The molecule has 0 aliphatic heterocycles. The standard InChI is InChI=1S/C14H17Cl2NO3/c1-8(13(19)20-14(2,3)4)17-12(18)9-5-6-10(15)11(16)7-9/h5-8H,1-4H3,(H,17,18)/t8-/m1/s1. The van der Waals surface area contributed by atoms with E-state index in [9.17, 15) is 9.59 Å². The third-order valence-corrected chi connectivity index (χ3v) is 3.03. The highest BCUT2D eigenvalue weighted by atomic mass is 35.5. The fourth-order valence-electron chi connectivity index (χ4n) is 1.37. The highest BCUT2D eigenvalue weighted by Gasteiger charge is 2.23. The molecule has 1 aromatic carbocycles. The van der Waals surface area contributed by atoms with Crippen molar-refractivity contribution in [3.05, 3.63) is 33.8 Å². The second-order valence-corrected chi connectivity index (χ2v) is 6.17. The zero-order valence-corrected chi connectivity index (χ0v) is 13.3. The molecule has 0 saturated heterocycles. The summed E-state index contributed by atoms with van der Waals surface area (Å²) in [5.41, 5.74) is -0.269. The molecule has 0 aromatic heterocycles. The molecule has 0 unspecified atom stereocenters. The summed E-state index contributed by atoms with van der Waals surface area (Å²) >= 11 is 11.6. The van der Waals surface area contributed by atoms with E-state index in [2.05, 4.69) is 5.32 Å². The number of amides is 1. The van der Waals surface area contributed by atoms with E-state index in [0.29, 0.717) is 10.6 Å². The summed E-state index contributed by atoms with van der Waals surface area (Å²) in [6.07, 6.45) is 0. The first-order chi connectivity index (χ1) is 9.10. The average Bonchev–Trinajstić information content (AvgIpc) is 2.30. The minimum Gasteiger partial charge on any atom is -0.458 e. The van der Waals surface area contributed by atoms with E-state index in [0.717, 1.165) is 0 Å². The van der Waals surface area contributed by atoms with Gasteiger partial charge >= 0.3 is 5.97 Å². The molecule has 0 bridgehead atoms. The lowest BCUT2D eigenvalue weighted by Gasteiger charge is -2.22. The van der Waals surface area contributed by atoms with Crippen molar-refractivity contribution in [2.75, 3.05) is 0 Å². The highest BCUT2D eigenvalue weighted by Crippen LogP contribution is 2.22. The molecular weight excluding hydrogens is 301 g/mol. The molecule has 4 nitrogen and oxygen atoms in total. The first kappa shape index (κ1) is 16.8. The Kier molecular flexibility index (Phi) is 5.42. The van der Waals surface area contributed by atoms with Gasteiger partial charge in [0.25, 0.3) is 5.91 Å². The number of hydrogen-bond acceptors (Lipinski definition) is 3. The summed E-state index contributed by atoms with van der Waals surface area (Å²) in [5, 5.41) is 3.20. The molecular formula is C14H17Cl2NO3. The van der Waals surface area contributed by atoms with Gasteiger partial charge in [-0.1, -0.05) is 23.2 Å². The van der Waals surface area contributed by atoms with E-state index in [4.69, 9.17) is 27.9 Å². The van der Waals surface area contributed by atoms with E-state index in [1.54, 1.807) is 27.7 Å². The molecule has 0 radical (unpaired) electrons. The van der Waals surface area contributed by atoms with E-state index in [1.165, 1.54) is 18.2 Å². The molecule has 0 heterocycles. The lowest BCUT2D eigenvalue weighted by molar-refractivity contribution is -0.156. The topological polar surface area (TPSA) is 55.4 Å². The van der Waals surface area contributed by atoms with Crippen molar-refractivity contribution in [1.29, 1.82) is 0 Å². The Labute approximate surface area is 128 Å². The van der Waals surface area contributed by atoms with E-state index in [1.807, 2.05) is 0 Å². The van der Waals surface area contributed by atoms with Crippen molar-refractivity contribution >= 4 is 35.1 Å². The summed E-state index contributed by atoms with van der Waals surface area (Å²) in [6.45, 7) is 6.85. The van der Waals surface area contributed by atoms with Crippen LogP contribution in [-0.2, 0) is 9.53 Å². The lowest BCUT2D eigenvalue weighted by atomic mass is 10.2. The Balaban J connectivity index is 2.70. The summed E-state index contributed by atoms with van der Waals surface area (Å²) in [7, 11) is 0. The molecule has 1 atom stereocenters. The van der Waals surface area contributed by atoms with Gasteiger partial charge in [-0.15, -0.1) is 0 Å². The van der Waals surface area contributed by atoms with Crippen LogP contribution in [0.4, 0.5) is 0 Å². The van der Waals surface area contributed by atoms with Gasteiger partial charge in [-0.3, -0.25) is 4.79 Å². The van der Waals surface area contributed by atoms with Gasteiger partial charge in [-0.05, 0) is 45.9 Å². The van der Waals surface area contributed by atoms with Crippen LogP contribution in [0, 0.1) is 0 Å². The van der Waals surface area contributed by atoms with Gasteiger partial charge in [0.1, 0.15) is 11.6 Å². The van der Waals surface area contributed by atoms with E-state index >= 15 is 0 Å². The molecule has 0 aliphatic carbocycles. The molecule has 1 amide bonds. The second-order valence-electron chi connectivity index (χ2n) is 5.36. The molecule has 20 heavy (non-hydrogen) atoms. The number of carbonyl (C=O) groups excluding carboxylic acids is 2. The van der Waals surface area contributed by atoms with Crippen LogP contribution in [0.2, 0.25) is 10.0 Å². The monoisotopic (exact) mass is 317 g/mol. The number of ether oxygens (including phenoxy) is 1. The zero-order chi connectivity index (χ0) is 15.5. The second kappa shape index (κ2) is 6.46. The number of esters is 1. The lowest BCUT2D eigenvalue weighted by Crippen LogP contribution is -2.42. The predicted molar refractivity (Wildman–Crippen MR) is 79.2 cm³/mol. The number of rotatable bonds is 3. The van der Waals surface area contributed by atoms with Crippen LogP contribution < -0.4 is 5.32 Å². The molecule has 0 fully saturated rings. The Bertz CT molecular complexity index is 524. The SMILES string of the molecule is C[C@@H](NC(=O)c1ccc(Cl)c(Cl)c1)C(=O)OC(C)(C)C. The minimum atomic E-state index is -0.754. The maximum Gasteiger partial charge on any atom is 0.328 e. The number of benzene rings is 1. The minimum absolute atomic E-state index is 0.282. The molecule has 0 saturated carbocycles. The summed E-state index contributed by atoms with van der Waals surface area (Å²) in [5.74, 6) is -0.909. The van der Waals surface area contributed by atoms with Gasteiger partial charge in [0.05, 0.1) is 10.0 Å². The Morgan fingerprint density at radius 3 is 2.30 bits per heavy atom. The zero-order valence-electron chi connectivity index (χ0n) is 11.8. The predicted octanol–water partition coefficient (Wildman–Crippen LogP) is 3.45. The Morgan fingerprint density at radius 1 is 1.20 bits per heavy atom. The van der Waals surface area contributed by atoms with Crippen molar-refractivity contribution in [2.45, 2.75) is 39.3 Å². The van der Waals surface area contributed by atoms with Crippen LogP contribution in [0.15, 0.2) is 18.2 Å². The Morgan fingerprint density at radius 2 is 1.80 bits per heavy atom. The first-order valence-electron chi connectivity index (χ1n) is 6.09. The first-order valence-corrected chi connectivity index (χ1v) is 6.84. The maximum atomic E-state index is 12.0. The van der Waals surface area contributed by atoms with Crippen molar-refractivity contribution in [2.24, 2.45) is 0 Å². The van der Waals surface area contributed by atoms with Gasteiger partial charge in [0.2, 0.25) is 0 Å². The fourth-order valence-corrected chi connectivity index (χ4v) is 1.66. The van der Waals surface area contributed by atoms with E-state index < -0.39 is 23.5 Å². The number of halogens is 2. The van der Waals surface area contributed by atoms with Crippen molar-refractivity contribution in [3.63, 3.8) is 0 Å². The molecule has 0 spiro atoms. The molecule has 110 valence electrons. The fraction of sp³-hybridized carbons (Fsp3) is 0.429. The van der Waals surface area contributed by atoms with Gasteiger partial charge < -0.3 is 10.1 Å². The summed E-state index contributed by atoms with van der Waals surface area (Å²) in [4.78, 5) is 23.7. The van der Waals surface area contributed by atoms with Crippen LogP contribution in [-0.4, -0.2) is 23.5 Å². The van der Waals surface area contributed by atoms with Crippen LogP contribution in [0.3, 0.4) is 0 Å². The van der Waals surface area contributed by atoms with Crippen molar-refractivity contribution in [3.8, 4) is 0 Å². The van der Waals surface area contributed by atoms with Gasteiger partial charge in [0, 0.05) is 5.56 Å². The van der Waals surface area contributed by atoms with E-state index in [-0.39, 0.29) is 5.02 Å². The molecule has 1 aromatic rings. The third-order valence-electron chi connectivity index (χ3n) is 2.29. The third kappa shape index (κ3) is 5.02. The molecule has 6 heteroatoms. The van der Waals surface area contributed by atoms with Crippen LogP contribution in [0.5, 0.6) is 0 Å². The normalized spacial score (nSPS) is 12.7. The largest absolute Gasteiger partial charge is 0.458 e. The van der Waals surface area contributed by atoms with Crippen molar-refractivity contribution in [1.82, 2.24) is 5.32 Å². The molecule has 1 N–H and O–H groups in total. The molecule has 0 aliphatic rings.